The van der Waals surface area contributed by atoms with E-state index < -0.39 is 0 Å². The second kappa shape index (κ2) is 4.63. The van der Waals surface area contributed by atoms with Gasteiger partial charge in [0.25, 0.3) is 0 Å². The molecule has 1 aliphatic rings. The lowest BCUT2D eigenvalue weighted by Gasteiger charge is -2.20. The minimum atomic E-state index is 0.134. The molecule has 3 heteroatoms. The van der Waals surface area contributed by atoms with E-state index in [1.807, 2.05) is 11.9 Å². The Labute approximate surface area is 109 Å². The van der Waals surface area contributed by atoms with Crippen molar-refractivity contribution in [3.8, 4) is 0 Å². The molecule has 1 fully saturated rings. The van der Waals surface area contributed by atoms with Crippen LogP contribution in [0.1, 0.15) is 31.9 Å². The molecular formula is C15H22N2O. The molecule has 1 aliphatic heterocycles. The van der Waals surface area contributed by atoms with Gasteiger partial charge in [-0.05, 0) is 16.5 Å². The highest BCUT2D eigenvalue weighted by molar-refractivity contribution is 5.76. The first-order valence-electron chi connectivity index (χ1n) is 6.47. The smallest absolute Gasteiger partial charge is 0.320 e. The second-order valence-electron chi connectivity index (χ2n) is 6.07. The van der Waals surface area contributed by atoms with Crippen LogP contribution in [0.3, 0.4) is 0 Å². The van der Waals surface area contributed by atoms with Crippen molar-refractivity contribution in [2.24, 2.45) is 0 Å². The fraction of sp³-hybridized carbons (Fsp3) is 0.533. The Bertz CT molecular complexity index is 431. The molecule has 1 aromatic carbocycles. The number of amides is 2. The minimum Gasteiger partial charge on any atom is -0.326 e. The lowest BCUT2D eigenvalue weighted by Crippen LogP contribution is -2.28. The molecule has 0 atom stereocenters. The van der Waals surface area contributed by atoms with Crippen molar-refractivity contribution < 1.29 is 4.79 Å². The Morgan fingerprint density at radius 3 is 2.17 bits per heavy atom. The average Bonchev–Trinajstić information content (AvgIpc) is 2.61. The van der Waals surface area contributed by atoms with Gasteiger partial charge in [0.2, 0.25) is 0 Å². The summed E-state index contributed by atoms with van der Waals surface area (Å²) in [7, 11) is 1.85. The lowest BCUT2D eigenvalue weighted by molar-refractivity contribution is 0.197. The van der Waals surface area contributed by atoms with E-state index in [9.17, 15) is 4.79 Å². The molecule has 0 unspecified atom stereocenters. The van der Waals surface area contributed by atoms with Crippen LogP contribution in [-0.4, -0.2) is 36.0 Å². The van der Waals surface area contributed by atoms with Crippen LogP contribution < -0.4 is 0 Å². The zero-order chi connectivity index (χ0) is 13.3. The summed E-state index contributed by atoms with van der Waals surface area (Å²) in [5.74, 6) is 0. The molecule has 1 heterocycles. The van der Waals surface area contributed by atoms with Gasteiger partial charge in [0.1, 0.15) is 0 Å². The number of urea groups is 1. The van der Waals surface area contributed by atoms with Gasteiger partial charge in [-0.25, -0.2) is 4.79 Å². The number of nitrogens with zero attached hydrogens (tertiary/aromatic N) is 2. The molecule has 2 amide bonds. The molecule has 0 N–H and O–H groups in total. The molecule has 0 aromatic heterocycles. The molecule has 1 aromatic rings. The SMILES string of the molecule is CN1CCN(Cc2ccc(C(C)(C)C)cc2)C1=O. The number of likely N-dealkylation sites (N-methyl/N-ethyl adjacent to an activating group) is 1. The maximum Gasteiger partial charge on any atom is 0.320 e. The van der Waals surface area contributed by atoms with E-state index in [4.69, 9.17) is 0 Å². The van der Waals surface area contributed by atoms with Crippen molar-refractivity contribution in [3.63, 3.8) is 0 Å². The molecule has 3 nitrogen and oxygen atoms in total. The predicted octanol–water partition coefficient (Wildman–Crippen LogP) is 2.85. The van der Waals surface area contributed by atoms with Gasteiger partial charge in [0.05, 0.1) is 0 Å². The number of benzene rings is 1. The fourth-order valence-electron chi connectivity index (χ4n) is 2.18. The van der Waals surface area contributed by atoms with E-state index in [0.29, 0.717) is 6.54 Å². The highest BCUT2D eigenvalue weighted by atomic mass is 16.2. The number of carbonyl (C=O) groups is 1. The van der Waals surface area contributed by atoms with Crippen molar-refractivity contribution in [2.45, 2.75) is 32.7 Å². The first kappa shape index (κ1) is 12.9. The van der Waals surface area contributed by atoms with Gasteiger partial charge in [-0.2, -0.15) is 0 Å². The molecule has 1 saturated heterocycles. The number of hydrogen-bond acceptors (Lipinski definition) is 1. The van der Waals surface area contributed by atoms with Crippen LogP contribution >= 0.6 is 0 Å². The quantitative estimate of drug-likeness (QED) is 0.787. The molecule has 0 radical (unpaired) electrons. The summed E-state index contributed by atoms with van der Waals surface area (Å²) in [4.78, 5) is 15.5. The van der Waals surface area contributed by atoms with E-state index in [1.54, 1.807) is 4.90 Å². The van der Waals surface area contributed by atoms with Gasteiger partial charge in [-0.3, -0.25) is 0 Å². The standard InChI is InChI=1S/C15H22N2O/c1-15(2,3)13-7-5-12(6-8-13)11-17-10-9-16(4)14(17)18/h5-8H,9-11H2,1-4H3. The van der Waals surface area contributed by atoms with Gasteiger partial charge < -0.3 is 9.80 Å². The van der Waals surface area contributed by atoms with E-state index in [-0.39, 0.29) is 11.4 Å². The summed E-state index contributed by atoms with van der Waals surface area (Å²) in [5, 5.41) is 0. The molecule has 2 rings (SSSR count). The number of hydrogen-bond donors (Lipinski definition) is 0. The summed E-state index contributed by atoms with van der Waals surface area (Å²) in [6, 6.07) is 8.73. The van der Waals surface area contributed by atoms with E-state index in [0.717, 1.165) is 13.1 Å². The van der Waals surface area contributed by atoms with Gasteiger partial charge in [0, 0.05) is 26.7 Å². The zero-order valence-corrected chi connectivity index (χ0v) is 11.7. The highest BCUT2D eigenvalue weighted by Crippen LogP contribution is 2.22. The summed E-state index contributed by atoms with van der Waals surface area (Å²) >= 11 is 0. The van der Waals surface area contributed by atoms with Crippen molar-refractivity contribution >= 4 is 6.03 Å². The Morgan fingerprint density at radius 2 is 1.72 bits per heavy atom. The zero-order valence-electron chi connectivity index (χ0n) is 11.7. The van der Waals surface area contributed by atoms with E-state index in [2.05, 4.69) is 45.0 Å². The molecule has 0 bridgehead atoms. The molecule has 18 heavy (non-hydrogen) atoms. The maximum absolute atomic E-state index is 11.8. The van der Waals surface area contributed by atoms with Crippen LogP contribution in [0.4, 0.5) is 4.79 Å². The normalized spacial score (nSPS) is 16.6. The number of carbonyl (C=O) groups excluding carboxylic acids is 1. The Kier molecular flexibility index (Phi) is 3.33. The van der Waals surface area contributed by atoms with E-state index in [1.165, 1.54) is 11.1 Å². The van der Waals surface area contributed by atoms with Gasteiger partial charge in [-0.1, -0.05) is 45.0 Å². The monoisotopic (exact) mass is 246 g/mol. The second-order valence-corrected chi connectivity index (χ2v) is 6.07. The Morgan fingerprint density at radius 1 is 1.11 bits per heavy atom. The average molecular weight is 246 g/mol. The van der Waals surface area contributed by atoms with Crippen LogP contribution in [0.5, 0.6) is 0 Å². The summed E-state index contributed by atoms with van der Waals surface area (Å²) < 4.78 is 0. The fourth-order valence-corrected chi connectivity index (χ4v) is 2.18. The van der Waals surface area contributed by atoms with Crippen LogP contribution in [0.25, 0.3) is 0 Å². The van der Waals surface area contributed by atoms with Gasteiger partial charge in [-0.15, -0.1) is 0 Å². The topological polar surface area (TPSA) is 23.6 Å². The highest BCUT2D eigenvalue weighted by Gasteiger charge is 2.25. The first-order valence-corrected chi connectivity index (χ1v) is 6.47. The van der Waals surface area contributed by atoms with Crippen LogP contribution in [0, 0.1) is 0 Å². The summed E-state index contributed by atoms with van der Waals surface area (Å²) in [5.41, 5.74) is 2.71. The molecule has 98 valence electrons. The van der Waals surface area contributed by atoms with Crippen molar-refractivity contribution in [2.75, 3.05) is 20.1 Å². The van der Waals surface area contributed by atoms with Crippen molar-refractivity contribution in [1.29, 1.82) is 0 Å². The third-order valence-corrected chi connectivity index (χ3v) is 3.50. The third-order valence-electron chi connectivity index (χ3n) is 3.50. The van der Waals surface area contributed by atoms with Crippen molar-refractivity contribution in [3.05, 3.63) is 35.4 Å². The van der Waals surface area contributed by atoms with Crippen LogP contribution in [-0.2, 0) is 12.0 Å². The molecule has 0 spiro atoms. The summed E-state index contributed by atoms with van der Waals surface area (Å²) in [6.07, 6.45) is 0. The van der Waals surface area contributed by atoms with Gasteiger partial charge in [0.15, 0.2) is 0 Å². The minimum absolute atomic E-state index is 0.134. The Balaban J connectivity index is 2.05. The van der Waals surface area contributed by atoms with Crippen LogP contribution in [0.15, 0.2) is 24.3 Å². The first-order chi connectivity index (χ1) is 8.38. The largest absolute Gasteiger partial charge is 0.326 e. The van der Waals surface area contributed by atoms with Crippen LogP contribution in [0.2, 0.25) is 0 Å². The predicted molar refractivity (Wildman–Crippen MR) is 73.6 cm³/mol. The maximum atomic E-state index is 11.8. The molecular weight excluding hydrogens is 224 g/mol. The summed E-state index contributed by atoms with van der Waals surface area (Å²) in [6.45, 7) is 9.01. The lowest BCUT2D eigenvalue weighted by atomic mass is 9.87. The van der Waals surface area contributed by atoms with Gasteiger partial charge >= 0.3 is 6.03 Å². The van der Waals surface area contributed by atoms with Crippen molar-refractivity contribution in [1.82, 2.24) is 9.80 Å². The Hall–Kier alpha value is -1.51. The third kappa shape index (κ3) is 2.66. The number of rotatable bonds is 2. The molecule has 0 saturated carbocycles. The van der Waals surface area contributed by atoms with E-state index >= 15 is 0 Å². The molecule has 0 aliphatic carbocycles.